The Bertz CT molecular complexity index is 1490. The van der Waals surface area contributed by atoms with Crippen molar-refractivity contribution in [3.05, 3.63) is 45.5 Å². The number of aromatic nitrogens is 1. The van der Waals surface area contributed by atoms with Crippen LogP contribution in [-0.4, -0.2) is 29.7 Å². The maximum Gasteiger partial charge on any atom is 0.341 e. The second-order valence-corrected chi connectivity index (χ2v) is 12.5. The molecule has 3 aromatic heterocycles. The van der Waals surface area contributed by atoms with Crippen LogP contribution in [0.4, 0.5) is 10.8 Å². The first kappa shape index (κ1) is 28.2. The number of furan rings is 1. The number of thiophene rings is 1. The zero-order chi connectivity index (χ0) is 28.3. The number of ether oxygens (including phenoxy) is 1. The summed E-state index contributed by atoms with van der Waals surface area (Å²) >= 11 is 2.63. The number of thioether (sulfide) groups is 1. The normalized spacial score (nSPS) is 14.7. The van der Waals surface area contributed by atoms with E-state index in [0.717, 1.165) is 29.7 Å². The second-order valence-electron chi connectivity index (χ2n) is 10.3. The first-order chi connectivity index (χ1) is 18.6. The van der Waals surface area contributed by atoms with E-state index in [1.54, 1.807) is 12.1 Å². The molecular formula is C28H29N5O4S2. The average Bonchev–Trinajstić information content (AvgIpc) is 3.55. The molecule has 39 heavy (non-hydrogen) atoms. The highest BCUT2D eigenvalue weighted by Gasteiger charge is 2.34. The van der Waals surface area contributed by atoms with Crippen LogP contribution in [0.5, 0.6) is 0 Å². The fraction of sp³-hybridized carbons (Fsp3) is 0.393. The van der Waals surface area contributed by atoms with E-state index in [2.05, 4.69) is 37.1 Å². The van der Waals surface area contributed by atoms with Crippen molar-refractivity contribution in [3.63, 3.8) is 0 Å². The molecule has 0 saturated heterocycles. The van der Waals surface area contributed by atoms with Gasteiger partial charge in [0.2, 0.25) is 5.91 Å². The summed E-state index contributed by atoms with van der Waals surface area (Å²) in [6, 6.07) is 7.39. The Balaban J connectivity index is 1.51. The maximum atomic E-state index is 12.9. The van der Waals surface area contributed by atoms with Crippen molar-refractivity contribution in [2.75, 3.05) is 23.9 Å². The van der Waals surface area contributed by atoms with E-state index in [0.29, 0.717) is 33.0 Å². The van der Waals surface area contributed by atoms with Gasteiger partial charge in [-0.05, 0) is 48.3 Å². The van der Waals surface area contributed by atoms with Gasteiger partial charge < -0.3 is 20.2 Å². The number of pyridine rings is 1. The van der Waals surface area contributed by atoms with Crippen LogP contribution in [0.1, 0.15) is 65.5 Å². The molecule has 11 heteroatoms. The zero-order valence-corrected chi connectivity index (χ0v) is 23.8. The summed E-state index contributed by atoms with van der Waals surface area (Å²) in [6.07, 6.45) is 4.15. The quantitative estimate of drug-likeness (QED) is 0.268. The van der Waals surface area contributed by atoms with E-state index in [1.807, 2.05) is 6.07 Å². The van der Waals surface area contributed by atoms with Gasteiger partial charge in [0.25, 0.3) is 0 Å². The highest BCUT2D eigenvalue weighted by molar-refractivity contribution is 7.99. The summed E-state index contributed by atoms with van der Waals surface area (Å²) in [7, 11) is 1.34. The van der Waals surface area contributed by atoms with Gasteiger partial charge in [0.1, 0.15) is 39.3 Å². The van der Waals surface area contributed by atoms with Gasteiger partial charge in [-0.2, -0.15) is 10.5 Å². The first-order valence-corrected chi connectivity index (χ1v) is 14.2. The van der Waals surface area contributed by atoms with Crippen molar-refractivity contribution in [2.45, 2.75) is 51.5 Å². The van der Waals surface area contributed by atoms with Gasteiger partial charge in [-0.15, -0.1) is 23.1 Å². The van der Waals surface area contributed by atoms with Gasteiger partial charge >= 0.3 is 5.97 Å². The van der Waals surface area contributed by atoms with Crippen LogP contribution in [0.2, 0.25) is 0 Å². The Morgan fingerprint density at radius 2 is 2.05 bits per heavy atom. The molecule has 0 aliphatic heterocycles. The number of anilines is 2. The number of methoxy groups -OCH3 is 1. The van der Waals surface area contributed by atoms with Gasteiger partial charge in [-0.3, -0.25) is 4.79 Å². The van der Waals surface area contributed by atoms with Crippen LogP contribution in [-0.2, 0) is 22.4 Å². The van der Waals surface area contributed by atoms with Crippen LogP contribution in [0, 0.1) is 34.0 Å². The highest BCUT2D eigenvalue weighted by Crippen LogP contribution is 2.44. The summed E-state index contributed by atoms with van der Waals surface area (Å²) in [6.45, 7) is 6.68. The molecule has 3 N–H and O–H groups in total. The number of nitriles is 2. The topological polar surface area (TPSA) is 155 Å². The third-order valence-electron chi connectivity index (χ3n) is 6.88. The lowest BCUT2D eigenvalue weighted by molar-refractivity contribution is -0.115. The number of amides is 1. The molecule has 0 fully saturated rings. The van der Waals surface area contributed by atoms with Crippen LogP contribution in [0.3, 0.4) is 0 Å². The van der Waals surface area contributed by atoms with Crippen molar-refractivity contribution in [1.82, 2.24) is 4.98 Å². The van der Waals surface area contributed by atoms with Crippen molar-refractivity contribution >= 4 is 45.8 Å². The summed E-state index contributed by atoms with van der Waals surface area (Å²) in [5.41, 5.74) is 8.09. The molecule has 9 nitrogen and oxygen atoms in total. The largest absolute Gasteiger partial charge is 0.465 e. The summed E-state index contributed by atoms with van der Waals surface area (Å²) in [4.78, 5) is 31.0. The number of rotatable bonds is 7. The fourth-order valence-corrected chi connectivity index (χ4v) is 7.00. The minimum Gasteiger partial charge on any atom is -0.465 e. The predicted molar refractivity (Wildman–Crippen MR) is 150 cm³/mol. The number of esters is 1. The third-order valence-corrected chi connectivity index (χ3v) is 9.03. The van der Waals surface area contributed by atoms with Crippen LogP contribution in [0.15, 0.2) is 27.8 Å². The lowest BCUT2D eigenvalue weighted by atomic mass is 9.72. The lowest BCUT2D eigenvalue weighted by Gasteiger charge is -2.33. The van der Waals surface area contributed by atoms with Gasteiger partial charge in [0.15, 0.2) is 0 Å². The Labute approximate surface area is 235 Å². The second kappa shape index (κ2) is 11.5. The summed E-state index contributed by atoms with van der Waals surface area (Å²) in [5, 5.41) is 23.2. The Hall–Kier alpha value is -3.80. The van der Waals surface area contributed by atoms with E-state index in [1.165, 1.54) is 36.5 Å². The molecule has 0 aromatic carbocycles. The molecule has 0 spiro atoms. The summed E-state index contributed by atoms with van der Waals surface area (Å²) in [5.74, 6) is 0.374. The minimum atomic E-state index is -0.451. The zero-order valence-electron chi connectivity index (χ0n) is 22.2. The number of fused-ring (bicyclic) bond motifs is 1. The maximum absolute atomic E-state index is 12.9. The van der Waals surface area contributed by atoms with Crippen LogP contribution in [0.25, 0.3) is 11.3 Å². The smallest absolute Gasteiger partial charge is 0.341 e. The van der Waals surface area contributed by atoms with E-state index in [4.69, 9.17) is 14.9 Å². The van der Waals surface area contributed by atoms with Crippen molar-refractivity contribution in [1.29, 1.82) is 10.5 Å². The lowest BCUT2D eigenvalue weighted by Crippen LogP contribution is -2.26. The molecule has 0 bridgehead atoms. The number of nitrogens with zero attached hydrogens (tertiary/aromatic N) is 3. The number of nitrogen functional groups attached to an aromatic ring is 1. The number of nitrogens with two attached hydrogens (primary N) is 1. The van der Waals surface area contributed by atoms with Gasteiger partial charge in [0, 0.05) is 17.1 Å². The van der Waals surface area contributed by atoms with E-state index >= 15 is 0 Å². The van der Waals surface area contributed by atoms with E-state index in [9.17, 15) is 20.1 Å². The predicted octanol–water partition coefficient (Wildman–Crippen LogP) is 5.79. The molecular weight excluding hydrogens is 534 g/mol. The molecule has 1 aliphatic carbocycles. The average molecular weight is 564 g/mol. The van der Waals surface area contributed by atoms with Gasteiger partial charge in [-0.1, -0.05) is 20.8 Å². The standard InChI is InChI=1S/C28H29N5O4S2/c1-28(2,3)15-7-8-16-20(12-15)39-26(23(16)27(35)36-4)32-21(34)9-11-38-25-18(14-30)22(19-6-5-10-37-19)17(13-29)24(31)33-25/h5-6,10,15H,7-9,11-12H2,1-4H3,(H2,31,33)(H,32,34). The summed E-state index contributed by atoms with van der Waals surface area (Å²) < 4.78 is 10.5. The van der Waals surface area contributed by atoms with Crippen LogP contribution < -0.4 is 11.1 Å². The van der Waals surface area contributed by atoms with Crippen molar-refractivity contribution in [2.24, 2.45) is 11.3 Å². The van der Waals surface area contributed by atoms with Crippen molar-refractivity contribution < 1.29 is 18.7 Å². The first-order valence-electron chi connectivity index (χ1n) is 12.4. The number of carbonyl (C=O) groups is 2. The molecule has 3 heterocycles. The molecule has 4 rings (SSSR count). The van der Waals surface area contributed by atoms with E-state index < -0.39 is 5.97 Å². The SMILES string of the molecule is COC(=O)c1c(NC(=O)CCSc2nc(N)c(C#N)c(-c3ccco3)c2C#N)sc2c1CCC(C(C)(C)C)C2. The Morgan fingerprint density at radius 3 is 2.67 bits per heavy atom. The third kappa shape index (κ3) is 5.80. The molecule has 1 unspecified atom stereocenters. The molecule has 0 saturated carbocycles. The highest BCUT2D eigenvalue weighted by atomic mass is 32.2. The molecule has 1 atom stereocenters. The molecule has 1 amide bonds. The molecule has 1 aliphatic rings. The fourth-order valence-electron chi connectivity index (χ4n) is 4.73. The number of hydrogen-bond acceptors (Lipinski definition) is 10. The van der Waals surface area contributed by atoms with Crippen LogP contribution >= 0.6 is 23.1 Å². The van der Waals surface area contributed by atoms with Gasteiger partial charge in [-0.25, -0.2) is 9.78 Å². The van der Waals surface area contributed by atoms with Gasteiger partial charge in [0.05, 0.1) is 30.1 Å². The number of hydrogen-bond donors (Lipinski definition) is 2. The number of carbonyl (C=O) groups excluding carboxylic acids is 2. The Kier molecular flexibility index (Phi) is 8.34. The Morgan fingerprint density at radius 1 is 1.31 bits per heavy atom. The van der Waals surface area contributed by atoms with E-state index in [-0.39, 0.29) is 40.3 Å². The molecule has 3 aromatic rings. The molecule has 202 valence electrons. The van der Waals surface area contributed by atoms with Crippen molar-refractivity contribution in [3.8, 4) is 23.5 Å². The number of nitrogens with one attached hydrogen (secondary N) is 1. The molecule has 0 radical (unpaired) electrons. The monoisotopic (exact) mass is 563 g/mol. The minimum absolute atomic E-state index is 0.0182.